The summed E-state index contributed by atoms with van der Waals surface area (Å²) in [4.78, 5) is 4.76. The molecule has 1 saturated heterocycles. The molecule has 1 heterocycles. The molecule has 1 fully saturated rings. The lowest BCUT2D eigenvalue weighted by atomic mass is 10.2. The van der Waals surface area contributed by atoms with E-state index in [9.17, 15) is 0 Å². The molecular weight excluding hydrogens is 200 g/mol. The van der Waals surface area contributed by atoms with Crippen LogP contribution < -0.4 is 0 Å². The van der Waals surface area contributed by atoms with Crippen LogP contribution in [0.1, 0.15) is 6.42 Å². The Balaban J connectivity index is 2.04. The highest BCUT2D eigenvalue weighted by molar-refractivity contribution is 6.17. The van der Waals surface area contributed by atoms with Crippen molar-refractivity contribution in [2.45, 2.75) is 12.5 Å². The van der Waals surface area contributed by atoms with Crippen LogP contribution in [0.15, 0.2) is 0 Å². The van der Waals surface area contributed by atoms with E-state index in [1.54, 1.807) is 0 Å². The Kier molecular flexibility index (Phi) is 5.78. The first-order valence-electron chi connectivity index (χ1n) is 5.26. The van der Waals surface area contributed by atoms with Gasteiger partial charge in [-0.05, 0) is 27.1 Å². The largest absolute Gasteiger partial charge is 0.379 e. The Hall–Kier alpha value is 0.170. The molecule has 0 bridgehead atoms. The molecule has 14 heavy (non-hydrogen) atoms. The Morgan fingerprint density at radius 3 is 2.79 bits per heavy atom. The minimum Gasteiger partial charge on any atom is -0.379 e. The summed E-state index contributed by atoms with van der Waals surface area (Å²) in [6, 6.07) is 0.725. The van der Waals surface area contributed by atoms with Crippen LogP contribution in [-0.2, 0) is 4.74 Å². The summed E-state index contributed by atoms with van der Waals surface area (Å²) in [5.74, 6) is 0.598. The minimum atomic E-state index is 0.598. The highest BCUT2D eigenvalue weighted by Gasteiger charge is 2.23. The van der Waals surface area contributed by atoms with E-state index in [0.717, 1.165) is 19.2 Å². The predicted octanol–water partition coefficient (Wildman–Crippen LogP) is 0.878. The van der Waals surface area contributed by atoms with Gasteiger partial charge in [0.2, 0.25) is 0 Å². The summed E-state index contributed by atoms with van der Waals surface area (Å²) in [7, 11) is 4.30. The molecule has 0 amide bonds. The van der Waals surface area contributed by atoms with E-state index in [2.05, 4.69) is 23.9 Å². The fourth-order valence-corrected chi connectivity index (χ4v) is 1.90. The van der Waals surface area contributed by atoms with Gasteiger partial charge in [0.25, 0.3) is 0 Å². The molecule has 1 aliphatic rings. The summed E-state index contributed by atoms with van der Waals surface area (Å²) in [6.45, 7) is 4.91. The number of likely N-dealkylation sites (N-methyl/N-ethyl adjacent to an activating group) is 1. The standard InChI is InChI=1S/C10H21ClN2O/c1-12(2)10-3-5-13(9-10)6-8-14-7-4-11/h10H,3-9H2,1-2H3. The average Bonchev–Trinajstić information content (AvgIpc) is 2.61. The average molecular weight is 221 g/mol. The van der Waals surface area contributed by atoms with Crippen molar-refractivity contribution in [3.63, 3.8) is 0 Å². The maximum absolute atomic E-state index is 5.52. The molecular formula is C10H21ClN2O. The lowest BCUT2D eigenvalue weighted by Crippen LogP contribution is -2.32. The van der Waals surface area contributed by atoms with Gasteiger partial charge in [0.15, 0.2) is 0 Å². The molecule has 1 rings (SSSR count). The number of nitrogens with zero attached hydrogens (tertiary/aromatic N) is 2. The van der Waals surface area contributed by atoms with E-state index < -0.39 is 0 Å². The number of hydrogen-bond donors (Lipinski definition) is 0. The number of rotatable bonds is 6. The molecule has 84 valence electrons. The molecule has 0 N–H and O–H groups in total. The zero-order valence-electron chi connectivity index (χ0n) is 9.21. The van der Waals surface area contributed by atoms with Gasteiger partial charge in [0.1, 0.15) is 0 Å². The zero-order valence-corrected chi connectivity index (χ0v) is 9.96. The summed E-state index contributed by atoms with van der Waals surface area (Å²) < 4.78 is 5.35. The first kappa shape index (κ1) is 12.2. The van der Waals surface area contributed by atoms with Crippen LogP contribution in [-0.4, -0.2) is 68.7 Å². The SMILES string of the molecule is CN(C)C1CCN(CCOCCCl)C1. The topological polar surface area (TPSA) is 15.7 Å². The fraction of sp³-hybridized carbons (Fsp3) is 1.00. The summed E-state index contributed by atoms with van der Waals surface area (Å²) in [5.41, 5.74) is 0. The van der Waals surface area contributed by atoms with Gasteiger partial charge in [-0.2, -0.15) is 0 Å². The van der Waals surface area contributed by atoms with E-state index in [0.29, 0.717) is 12.5 Å². The molecule has 0 aromatic carbocycles. The van der Waals surface area contributed by atoms with Crippen molar-refractivity contribution >= 4 is 11.6 Å². The number of alkyl halides is 1. The van der Waals surface area contributed by atoms with E-state index in [-0.39, 0.29) is 0 Å². The maximum atomic E-state index is 5.52. The van der Waals surface area contributed by atoms with Gasteiger partial charge in [-0.1, -0.05) is 0 Å². The molecule has 0 saturated carbocycles. The fourth-order valence-electron chi connectivity index (χ4n) is 1.79. The Morgan fingerprint density at radius 1 is 1.43 bits per heavy atom. The van der Waals surface area contributed by atoms with Gasteiger partial charge in [0.05, 0.1) is 13.2 Å². The molecule has 0 aliphatic carbocycles. The predicted molar refractivity (Wildman–Crippen MR) is 60.1 cm³/mol. The van der Waals surface area contributed by atoms with Gasteiger partial charge in [-0.25, -0.2) is 0 Å². The lowest BCUT2D eigenvalue weighted by molar-refractivity contribution is 0.120. The number of hydrogen-bond acceptors (Lipinski definition) is 3. The Labute approximate surface area is 92.0 Å². The highest BCUT2D eigenvalue weighted by Crippen LogP contribution is 2.12. The third-order valence-electron chi connectivity index (χ3n) is 2.75. The highest BCUT2D eigenvalue weighted by atomic mass is 35.5. The Bertz CT molecular complexity index is 155. The van der Waals surface area contributed by atoms with Crippen LogP contribution in [0.25, 0.3) is 0 Å². The van der Waals surface area contributed by atoms with Crippen LogP contribution in [0.4, 0.5) is 0 Å². The van der Waals surface area contributed by atoms with Crippen molar-refractivity contribution in [1.29, 1.82) is 0 Å². The van der Waals surface area contributed by atoms with Gasteiger partial charge in [0, 0.05) is 25.0 Å². The number of halogens is 1. The van der Waals surface area contributed by atoms with E-state index >= 15 is 0 Å². The van der Waals surface area contributed by atoms with Crippen molar-refractivity contribution < 1.29 is 4.74 Å². The van der Waals surface area contributed by atoms with Crippen LogP contribution in [0.3, 0.4) is 0 Å². The van der Waals surface area contributed by atoms with Crippen LogP contribution in [0.2, 0.25) is 0 Å². The molecule has 1 aliphatic heterocycles. The van der Waals surface area contributed by atoms with E-state index in [1.165, 1.54) is 19.5 Å². The maximum Gasteiger partial charge on any atom is 0.0602 e. The van der Waals surface area contributed by atoms with Crippen LogP contribution in [0, 0.1) is 0 Å². The van der Waals surface area contributed by atoms with Crippen LogP contribution >= 0.6 is 11.6 Å². The van der Waals surface area contributed by atoms with Crippen LogP contribution in [0.5, 0.6) is 0 Å². The summed E-state index contributed by atoms with van der Waals surface area (Å²) in [5, 5.41) is 0. The molecule has 4 heteroatoms. The normalized spacial score (nSPS) is 23.6. The molecule has 0 spiro atoms. The van der Waals surface area contributed by atoms with Crippen molar-refractivity contribution in [2.75, 3.05) is 52.8 Å². The van der Waals surface area contributed by atoms with Crippen molar-refractivity contribution in [1.82, 2.24) is 9.80 Å². The van der Waals surface area contributed by atoms with Gasteiger partial charge >= 0.3 is 0 Å². The summed E-state index contributed by atoms with van der Waals surface area (Å²) in [6.07, 6.45) is 1.28. The summed E-state index contributed by atoms with van der Waals surface area (Å²) >= 11 is 5.52. The number of likely N-dealkylation sites (tertiary alicyclic amines) is 1. The Morgan fingerprint density at radius 2 is 2.21 bits per heavy atom. The van der Waals surface area contributed by atoms with Crippen molar-refractivity contribution in [3.8, 4) is 0 Å². The second kappa shape index (κ2) is 6.62. The second-order valence-corrected chi connectivity index (χ2v) is 4.39. The molecule has 0 aromatic heterocycles. The molecule has 1 unspecified atom stereocenters. The molecule has 0 aromatic rings. The van der Waals surface area contributed by atoms with Gasteiger partial charge < -0.3 is 9.64 Å². The van der Waals surface area contributed by atoms with E-state index in [4.69, 9.17) is 16.3 Å². The smallest absolute Gasteiger partial charge is 0.0602 e. The van der Waals surface area contributed by atoms with Crippen molar-refractivity contribution in [3.05, 3.63) is 0 Å². The first-order chi connectivity index (χ1) is 6.74. The second-order valence-electron chi connectivity index (χ2n) is 4.01. The van der Waals surface area contributed by atoms with Gasteiger partial charge in [-0.15, -0.1) is 11.6 Å². The van der Waals surface area contributed by atoms with E-state index in [1.807, 2.05) is 0 Å². The molecule has 0 radical (unpaired) electrons. The third kappa shape index (κ3) is 4.13. The molecule has 3 nitrogen and oxygen atoms in total. The molecule has 1 atom stereocenters. The lowest BCUT2D eigenvalue weighted by Gasteiger charge is -2.20. The quantitative estimate of drug-likeness (QED) is 0.488. The minimum absolute atomic E-state index is 0.598. The van der Waals surface area contributed by atoms with Gasteiger partial charge in [-0.3, -0.25) is 4.90 Å². The third-order valence-corrected chi connectivity index (χ3v) is 2.91. The number of ether oxygens (including phenoxy) is 1. The monoisotopic (exact) mass is 220 g/mol. The zero-order chi connectivity index (χ0) is 10.4. The van der Waals surface area contributed by atoms with Crippen molar-refractivity contribution in [2.24, 2.45) is 0 Å². The first-order valence-corrected chi connectivity index (χ1v) is 5.80.